The van der Waals surface area contributed by atoms with Crippen molar-refractivity contribution in [3.63, 3.8) is 0 Å². The van der Waals surface area contributed by atoms with Crippen LogP contribution in [0.25, 0.3) is 22.4 Å². The molecule has 6 rings (SSSR count). The van der Waals surface area contributed by atoms with E-state index in [1.807, 2.05) is 48.5 Å². The van der Waals surface area contributed by atoms with Crippen LogP contribution in [0.3, 0.4) is 0 Å². The molecule has 0 radical (unpaired) electrons. The third-order valence-electron chi connectivity index (χ3n) is 8.57. The molecule has 1 unspecified atom stereocenters. The molecule has 0 bridgehead atoms. The van der Waals surface area contributed by atoms with E-state index in [1.54, 1.807) is 14.2 Å². The highest BCUT2D eigenvalue weighted by Gasteiger charge is 2.28. The monoisotopic (exact) mass is 705 g/mol. The highest BCUT2D eigenvalue weighted by Crippen LogP contribution is 2.44. The molecule has 12 nitrogen and oxygen atoms in total. The van der Waals surface area contributed by atoms with Crippen molar-refractivity contribution in [2.45, 2.75) is 45.1 Å². The van der Waals surface area contributed by atoms with E-state index in [2.05, 4.69) is 30.6 Å². The minimum Gasteiger partial charge on any atom is -0.481 e. The molecule has 2 aliphatic heterocycles. The van der Waals surface area contributed by atoms with Crippen LogP contribution in [0.5, 0.6) is 11.8 Å². The Hall–Kier alpha value is -4.49. The van der Waals surface area contributed by atoms with Crippen LogP contribution in [-0.2, 0) is 40.5 Å². The number of methoxy groups -OCH3 is 3. The van der Waals surface area contributed by atoms with Gasteiger partial charge in [0.1, 0.15) is 5.82 Å². The smallest absolute Gasteiger partial charge is 0.319 e. The number of fused-ring (bicyclic) bond motifs is 1. The molecule has 1 fully saturated rings. The molecule has 2 aromatic heterocycles. The number of nitrogens with one attached hydrogen (secondary N) is 3. The molecule has 0 saturated carbocycles. The first-order valence-electron chi connectivity index (χ1n) is 15.9. The van der Waals surface area contributed by atoms with Gasteiger partial charge in [0, 0.05) is 47.8 Å². The Balaban J connectivity index is 1.21. The minimum absolute atomic E-state index is 0.0488. The number of amides is 1. The van der Waals surface area contributed by atoms with Gasteiger partial charge in [-0.15, -0.1) is 0 Å². The lowest BCUT2D eigenvalue weighted by Gasteiger charge is -2.21. The van der Waals surface area contributed by atoms with Gasteiger partial charge in [-0.1, -0.05) is 59.6 Å². The van der Waals surface area contributed by atoms with Gasteiger partial charge in [0.15, 0.2) is 0 Å². The van der Waals surface area contributed by atoms with Crippen LogP contribution < -0.4 is 30.3 Å². The normalized spacial score (nSPS) is 15.2. The van der Waals surface area contributed by atoms with Crippen molar-refractivity contribution in [1.29, 1.82) is 0 Å². The summed E-state index contributed by atoms with van der Waals surface area (Å²) in [4.78, 5) is 39.2. The molecular weight excluding hydrogens is 669 g/mol. The van der Waals surface area contributed by atoms with E-state index in [0.29, 0.717) is 65.9 Å². The minimum atomic E-state index is -0.370. The first kappa shape index (κ1) is 34.4. The standard InChI is InChI=1S/C35H37Cl2N7O5/c1-47-31(46)17-39-16-29-41-27-19-44(18-25(27)35(43-29)49-3)28-9-5-7-23(33(28)37)22-6-4-8-24(32(22)36)26-12-10-20(34(42-26)48-2)14-38-15-21-11-13-30(45)40-21/h4-10,12,21,38-39H,11,13-19H2,1-3H3,(H,40,45). The summed E-state index contributed by atoms with van der Waals surface area (Å²) in [6.07, 6.45) is 1.40. The van der Waals surface area contributed by atoms with E-state index in [-0.39, 0.29) is 31.0 Å². The molecule has 2 aromatic carbocycles. The number of esters is 1. The zero-order chi connectivity index (χ0) is 34.5. The summed E-state index contributed by atoms with van der Waals surface area (Å²) in [5.74, 6) is 1.22. The number of nitrogens with zero attached hydrogens (tertiary/aromatic N) is 4. The third kappa shape index (κ3) is 7.57. The van der Waals surface area contributed by atoms with Crippen molar-refractivity contribution >= 4 is 40.8 Å². The Labute approximate surface area is 294 Å². The zero-order valence-corrected chi connectivity index (χ0v) is 29.0. The first-order valence-corrected chi connectivity index (χ1v) is 16.6. The van der Waals surface area contributed by atoms with Crippen molar-refractivity contribution in [1.82, 2.24) is 30.9 Å². The number of ether oxygens (including phenoxy) is 3. The molecule has 49 heavy (non-hydrogen) atoms. The number of carbonyl (C=O) groups excluding carboxylic acids is 2. The van der Waals surface area contributed by atoms with Crippen LogP contribution in [0.1, 0.15) is 35.5 Å². The highest BCUT2D eigenvalue weighted by atomic mass is 35.5. The van der Waals surface area contributed by atoms with Gasteiger partial charge in [0.2, 0.25) is 17.7 Å². The third-order valence-corrected chi connectivity index (χ3v) is 9.38. The predicted molar refractivity (Wildman–Crippen MR) is 187 cm³/mol. The first-order chi connectivity index (χ1) is 23.8. The summed E-state index contributed by atoms with van der Waals surface area (Å²) >= 11 is 14.2. The molecule has 256 valence electrons. The van der Waals surface area contributed by atoms with Gasteiger partial charge >= 0.3 is 5.97 Å². The van der Waals surface area contributed by atoms with E-state index >= 15 is 0 Å². The Morgan fingerprint density at radius 1 is 0.898 bits per heavy atom. The van der Waals surface area contributed by atoms with Crippen LogP contribution in [-0.4, -0.2) is 67.3 Å². The summed E-state index contributed by atoms with van der Waals surface area (Å²) < 4.78 is 15.9. The fraction of sp³-hybridized carbons (Fsp3) is 0.343. The fourth-order valence-corrected chi connectivity index (χ4v) is 6.76. The number of pyridine rings is 1. The molecular formula is C35H37Cl2N7O5. The lowest BCUT2D eigenvalue weighted by Crippen LogP contribution is -2.35. The van der Waals surface area contributed by atoms with E-state index in [9.17, 15) is 9.59 Å². The van der Waals surface area contributed by atoms with E-state index in [1.165, 1.54) is 7.11 Å². The SMILES string of the molecule is COC(=O)CNCc1nc2c(c(OC)n1)CN(c1cccc(-c3cccc(-c4ccc(CNCC5CCC(=O)N5)c(OC)n4)c3Cl)c1Cl)C2. The highest BCUT2D eigenvalue weighted by molar-refractivity contribution is 6.39. The Kier molecular flexibility index (Phi) is 10.8. The second-order valence-electron chi connectivity index (χ2n) is 11.7. The van der Waals surface area contributed by atoms with Crippen LogP contribution >= 0.6 is 23.2 Å². The molecule has 4 aromatic rings. The van der Waals surface area contributed by atoms with Gasteiger partial charge in [-0.2, -0.15) is 4.98 Å². The molecule has 0 spiro atoms. The van der Waals surface area contributed by atoms with Gasteiger partial charge in [0.25, 0.3) is 0 Å². The molecule has 3 N–H and O–H groups in total. The summed E-state index contributed by atoms with van der Waals surface area (Å²) in [6, 6.07) is 15.7. The zero-order valence-electron chi connectivity index (χ0n) is 27.4. The van der Waals surface area contributed by atoms with Crippen molar-refractivity contribution in [2.24, 2.45) is 0 Å². The summed E-state index contributed by atoms with van der Waals surface area (Å²) in [5.41, 5.74) is 6.38. The van der Waals surface area contributed by atoms with Crippen molar-refractivity contribution in [3.8, 4) is 34.1 Å². The largest absolute Gasteiger partial charge is 0.481 e. The number of hydrogen-bond donors (Lipinski definition) is 3. The van der Waals surface area contributed by atoms with Crippen molar-refractivity contribution in [2.75, 3.05) is 39.3 Å². The fourth-order valence-electron chi connectivity index (χ4n) is 6.09. The second-order valence-corrected chi connectivity index (χ2v) is 12.5. The number of anilines is 1. The van der Waals surface area contributed by atoms with Crippen LogP contribution in [0.4, 0.5) is 5.69 Å². The van der Waals surface area contributed by atoms with Gasteiger partial charge < -0.3 is 29.7 Å². The number of rotatable bonds is 13. The maximum Gasteiger partial charge on any atom is 0.319 e. The van der Waals surface area contributed by atoms with Gasteiger partial charge in [0.05, 0.1) is 80.2 Å². The Morgan fingerprint density at radius 3 is 2.39 bits per heavy atom. The molecule has 1 atom stereocenters. The van der Waals surface area contributed by atoms with Gasteiger partial charge in [-0.25, -0.2) is 9.97 Å². The predicted octanol–water partition coefficient (Wildman–Crippen LogP) is 4.68. The average molecular weight is 707 g/mol. The molecule has 1 amide bonds. The number of aromatic nitrogens is 3. The van der Waals surface area contributed by atoms with Crippen LogP contribution in [0.15, 0.2) is 48.5 Å². The van der Waals surface area contributed by atoms with E-state index in [0.717, 1.165) is 45.6 Å². The van der Waals surface area contributed by atoms with Gasteiger partial charge in [-0.3, -0.25) is 14.9 Å². The molecule has 0 aliphatic carbocycles. The molecule has 4 heterocycles. The van der Waals surface area contributed by atoms with Crippen molar-refractivity contribution in [3.05, 3.63) is 81.2 Å². The van der Waals surface area contributed by atoms with Gasteiger partial charge in [-0.05, 0) is 18.6 Å². The molecule has 1 saturated heterocycles. The lowest BCUT2D eigenvalue weighted by atomic mass is 10.00. The maximum atomic E-state index is 11.5. The average Bonchev–Trinajstić information content (AvgIpc) is 3.74. The Morgan fingerprint density at radius 2 is 1.65 bits per heavy atom. The topological polar surface area (TPSA) is 140 Å². The van der Waals surface area contributed by atoms with Crippen LogP contribution in [0.2, 0.25) is 10.0 Å². The number of benzene rings is 2. The Bertz CT molecular complexity index is 1870. The van der Waals surface area contributed by atoms with E-state index < -0.39 is 0 Å². The molecule has 14 heteroatoms. The second kappa shape index (κ2) is 15.4. The number of carbonyl (C=O) groups is 2. The van der Waals surface area contributed by atoms with E-state index in [4.69, 9.17) is 42.6 Å². The lowest BCUT2D eigenvalue weighted by molar-refractivity contribution is -0.139. The quantitative estimate of drug-likeness (QED) is 0.167. The maximum absolute atomic E-state index is 11.5. The summed E-state index contributed by atoms with van der Waals surface area (Å²) in [5, 5.41) is 10.4. The number of hydrogen-bond acceptors (Lipinski definition) is 11. The summed E-state index contributed by atoms with van der Waals surface area (Å²) in [6.45, 7) is 2.55. The summed E-state index contributed by atoms with van der Waals surface area (Å²) in [7, 11) is 4.51. The number of halogens is 2. The van der Waals surface area contributed by atoms with Crippen LogP contribution in [0, 0.1) is 0 Å². The van der Waals surface area contributed by atoms with Crippen molar-refractivity contribution < 1.29 is 23.8 Å². The molecule has 2 aliphatic rings.